The zero-order valence-electron chi connectivity index (χ0n) is 20.7. The molecular formula is C23H52N2O2. The van der Waals surface area contributed by atoms with E-state index in [4.69, 9.17) is 4.84 Å². The third-order valence-corrected chi connectivity index (χ3v) is 3.49. The van der Waals surface area contributed by atoms with Crippen molar-refractivity contribution in [1.82, 2.24) is 4.90 Å². The van der Waals surface area contributed by atoms with E-state index < -0.39 is 0 Å². The number of amides is 1. The second-order valence-electron chi connectivity index (χ2n) is 5.89. The fourth-order valence-corrected chi connectivity index (χ4v) is 1.92. The standard InChI is InChI=1S/C14H26N2O2.C3H8.3C2H6/c1-4-13(3)15-18-11-5-6-14(17)16-9-7-12(2)8-10-16;1-3-2;3*1-2/h12H,4-11H2,1-3H3;3H2,1-2H3;3*1-2H3/b15-13-;;;;. The van der Waals surface area contributed by atoms with E-state index in [0.717, 1.165) is 50.4 Å². The summed E-state index contributed by atoms with van der Waals surface area (Å²) in [5, 5.41) is 3.95. The van der Waals surface area contributed by atoms with Gasteiger partial charge in [-0.1, -0.05) is 80.8 Å². The predicted molar refractivity (Wildman–Crippen MR) is 124 cm³/mol. The topological polar surface area (TPSA) is 41.9 Å². The molecule has 0 aromatic carbocycles. The lowest BCUT2D eigenvalue weighted by Crippen LogP contribution is -2.37. The van der Waals surface area contributed by atoms with Gasteiger partial charge in [0.05, 0.1) is 5.71 Å². The van der Waals surface area contributed by atoms with Gasteiger partial charge in [-0.15, -0.1) is 0 Å². The number of likely N-dealkylation sites (tertiary alicyclic amines) is 1. The quantitative estimate of drug-likeness (QED) is 0.272. The molecule has 1 amide bonds. The number of rotatable bonds is 6. The Morgan fingerprint density at radius 3 is 1.85 bits per heavy atom. The van der Waals surface area contributed by atoms with Gasteiger partial charge in [-0.2, -0.15) is 0 Å². The summed E-state index contributed by atoms with van der Waals surface area (Å²) in [5.41, 5.74) is 0.992. The molecule has 0 unspecified atom stereocenters. The maximum absolute atomic E-state index is 11.9. The highest BCUT2D eigenvalue weighted by molar-refractivity contribution is 5.80. The number of carbonyl (C=O) groups excluding carboxylic acids is 1. The highest BCUT2D eigenvalue weighted by Crippen LogP contribution is 2.16. The Labute approximate surface area is 172 Å². The molecule has 0 aromatic rings. The summed E-state index contributed by atoms with van der Waals surface area (Å²) in [7, 11) is 0. The van der Waals surface area contributed by atoms with E-state index in [9.17, 15) is 4.79 Å². The highest BCUT2D eigenvalue weighted by atomic mass is 16.6. The predicted octanol–water partition coefficient (Wildman–Crippen LogP) is 7.32. The fraction of sp³-hybridized carbons (Fsp3) is 0.913. The van der Waals surface area contributed by atoms with Crippen LogP contribution in [0, 0.1) is 5.92 Å². The molecule has 1 aliphatic heterocycles. The van der Waals surface area contributed by atoms with Crippen LogP contribution in [0.5, 0.6) is 0 Å². The molecule has 1 aliphatic rings. The van der Waals surface area contributed by atoms with Crippen LogP contribution < -0.4 is 0 Å². The number of piperidine rings is 1. The van der Waals surface area contributed by atoms with Crippen molar-refractivity contribution in [3.05, 3.63) is 0 Å². The Morgan fingerprint density at radius 1 is 1.00 bits per heavy atom. The summed E-state index contributed by atoms with van der Waals surface area (Å²) in [6, 6.07) is 0. The maximum atomic E-state index is 11.9. The first kappa shape index (κ1) is 33.5. The van der Waals surface area contributed by atoms with Gasteiger partial charge in [0.2, 0.25) is 5.91 Å². The summed E-state index contributed by atoms with van der Waals surface area (Å²) < 4.78 is 0. The molecule has 4 nitrogen and oxygen atoms in total. The molecular weight excluding hydrogens is 336 g/mol. The lowest BCUT2D eigenvalue weighted by atomic mass is 9.99. The number of hydrogen-bond acceptors (Lipinski definition) is 3. The second kappa shape index (κ2) is 29.7. The molecule has 166 valence electrons. The van der Waals surface area contributed by atoms with Crippen molar-refractivity contribution >= 4 is 11.6 Å². The Bertz CT molecular complexity index is 297. The average Bonchev–Trinajstić information content (AvgIpc) is 2.73. The smallest absolute Gasteiger partial charge is 0.222 e. The van der Waals surface area contributed by atoms with Crippen molar-refractivity contribution in [2.45, 2.75) is 115 Å². The van der Waals surface area contributed by atoms with Crippen molar-refractivity contribution in [1.29, 1.82) is 0 Å². The summed E-state index contributed by atoms with van der Waals surface area (Å²) in [6.45, 7) is 24.9. The molecule has 0 N–H and O–H groups in total. The second-order valence-corrected chi connectivity index (χ2v) is 5.89. The van der Waals surface area contributed by atoms with Gasteiger partial charge in [0.1, 0.15) is 6.61 Å². The van der Waals surface area contributed by atoms with Gasteiger partial charge in [-0.05, 0) is 38.5 Å². The maximum Gasteiger partial charge on any atom is 0.222 e. The third kappa shape index (κ3) is 24.9. The van der Waals surface area contributed by atoms with Crippen LogP contribution in [-0.4, -0.2) is 36.2 Å². The van der Waals surface area contributed by atoms with Gasteiger partial charge in [0.25, 0.3) is 0 Å². The highest BCUT2D eigenvalue weighted by Gasteiger charge is 2.19. The zero-order valence-corrected chi connectivity index (χ0v) is 20.7. The first-order valence-electron chi connectivity index (χ1n) is 11.5. The van der Waals surface area contributed by atoms with Gasteiger partial charge >= 0.3 is 0 Å². The Hall–Kier alpha value is -1.06. The van der Waals surface area contributed by atoms with Crippen LogP contribution in [0.15, 0.2) is 5.16 Å². The third-order valence-electron chi connectivity index (χ3n) is 3.49. The lowest BCUT2D eigenvalue weighted by molar-refractivity contribution is -0.132. The van der Waals surface area contributed by atoms with Crippen molar-refractivity contribution in [2.75, 3.05) is 19.7 Å². The van der Waals surface area contributed by atoms with Crippen LogP contribution >= 0.6 is 0 Å². The SMILES string of the molecule is CC.CC.CC.CC/C(C)=N\OCCCC(=O)N1CCC(C)CC1.CCC. The molecule has 0 aromatic heterocycles. The Morgan fingerprint density at radius 2 is 1.44 bits per heavy atom. The van der Waals surface area contributed by atoms with Crippen LogP contribution in [0.3, 0.4) is 0 Å². The minimum atomic E-state index is 0.265. The van der Waals surface area contributed by atoms with E-state index in [1.165, 1.54) is 6.42 Å². The van der Waals surface area contributed by atoms with Crippen molar-refractivity contribution in [2.24, 2.45) is 11.1 Å². The molecule has 0 spiro atoms. The molecule has 1 rings (SSSR count). The minimum absolute atomic E-state index is 0.265. The van der Waals surface area contributed by atoms with E-state index in [2.05, 4.69) is 25.9 Å². The van der Waals surface area contributed by atoms with Crippen LogP contribution in [0.1, 0.15) is 115 Å². The molecule has 0 atom stereocenters. The van der Waals surface area contributed by atoms with Crippen LogP contribution in [-0.2, 0) is 9.63 Å². The van der Waals surface area contributed by atoms with Crippen molar-refractivity contribution in [3.8, 4) is 0 Å². The average molecular weight is 389 g/mol. The van der Waals surface area contributed by atoms with Crippen LogP contribution in [0.25, 0.3) is 0 Å². The van der Waals surface area contributed by atoms with Crippen molar-refractivity contribution in [3.63, 3.8) is 0 Å². The summed E-state index contributed by atoms with van der Waals surface area (Å²) in [5.74, 6) is 1.03. The molecule has 1 heterocycles. The van der Waals surface area contributed by atoms with E-state index in [1.807, 2.05) is 60.3 Å². The Balaban J connectivity index is -0.000000253. The molecule has 0 radical (unpaired) electrons. The summed E-state index contributed by atoms with van der Waals surface area (Å²) >= 11 is 0. The van der Waals surface area contributed by atoms with Gasteiger partial charge in [-0.25, -0.2) is 0 Å². The first-order valence-corrected chi connectivity index (χ1v) is 11.5. The van der Waals surface area contributed by atoms with E-state index >= 15 is 0 Å². The zero-order chi connectivity index (χ0) is 22.1. The largest absolute Gasteiger partial charge is 0.396 e. The van der Waals surface area contributed by atoms with E-state index in [1.54, 1.807) is 0 Å². The van der Waals surface area contributed by atoms with Gasteiger partial charge in [0.15, 0.2) is 0 Å². The minimum Gasteiger partial charge on any atom is -0.396 e. The number of carbonyl (C=O) groups is 1. The van der Waals surface area contributed by atoms with Crippen molar-refractivity contribution < 1.29 is 9.63 Å². The molecule has 4 heteroatoms. The molecule has 1 fully saturated rings. The van der Waals surface area contributed by atoms with Gasteiger partial charge < -0.3 is 9.74 Å². The molecule has 0 aliphatic carbocycles. The fourth-order valence-electron chi connectivity index (χ4n) is 1.92. The molecule has 0 saturated carbocycles. The summed E-state index contributed by atoms with van der Waals surface area (Å²) in [6.07, 6.45) is 5.77. The molecule has 0 bridgehead atoms. The van der Waals surface area contributed by atoms with E-state index in [-0.39, 0.29) is 5.91 Å². The Kier molecular flexibility index (Phi) is 36.9. The van der Waals surface area contributed by atoms with Gasteiger partial charge in [-0.3, -0.25) is 4.79 Å². The van der Waals surface area contributed by atoms with Gasteiger partial charge in [0, 0.05) is 19.5 Å². The normalized spacial score (nSPS) is 13.3. The number of nitrogens with zero attached hydrogens (tertiary/aromatic N) is 2. The number of oxime groups is 1. The first-order chi connectivity index (χ1) is 13.0. The van der Waals surface area contributed by atoms with Crippen LogP contribution in [0.2, 0.25) is 0 Å². The summed E-state index contributed by atoms with van der Waals surface area (Å²) in [4.78, 5) is 19.0. The monoisotopic (exact) mass is 388 g/mol. The number of hydrogen-bond donors (Lipinski definition) is 0. The van der Waals surface area contributed by atoms with Crippen LogP contribution in [0.4, 0.5) is 0 Å². The lowest BCUT2D eigenvalue weighted by Gasteiger charge is -2.30. The van der Waals surface area contributed by atoms with E-state index in [0.29, 0.717) is 13.0 Å². The molecule has 27 heavy (non-hydrogen) atoms. The molecule has 1 saturated heterocycles.